The van der Waals surface area contributed by atoms with Crippen molar-refractivity contribution in [2.75, 3.05) is 18.0 Å². The van der Waals surface area contributed by atoms with Gasteiger partial charge >= 0.3 is 0 Å². The number of hydrogen-bond acceptors (Lipinski definition) is 2. The van der Waals surface area contributed by atoms with Crippen molar-refractivity contribution in [1.82, 2.24) is 5.32 Å². The predicted octanol–water partition coefficient (Wildman–Crippen LogP) is 3.71. The van der Waals surface area contributed by atoms with Crippen LogP contribution in [0.4, 0.5) is 5.69 Å². The molecule has 1 unspecified atom stereocenters. The van der Waals surface area contributed by atoms with Gasteiger partial charge in [-0.1, -0.05) is 59.6 Å². The molecule has 2 aromatic carbocycles. The van der Waals surface area contributed by atoms with E-state index in [0.717, 1.165) is 12.0 Å². The molecule has 0 spiro atoms. The second kappa shape index (κ2) is 7.89. The van der Waals surface area contributed by atoms with Crippen molar-refractivity contribution >= 4 is 40.7 Å². The van der Waals surface area contributed by atoms with E-state index in [1.807, 2.05) is 30.3 Å². The van der Waals surface area contributed by atoms with Crippen LogP contribution in [-0.2, 0) is 16.0 Å². The summed E-state index contributed by atoms with van der Waals surface area (Å²) < 4.78 is 0. The van der Waals surface area contributed by atoms with Gasteiger partial charge in [0, 0.05) is 19.5 Å². The summed E-state index contributed by atoms with van der Waals surface area (Å²) in [6.07, 6.45) is 0.942. The normalized spacial score (nSPS) is 17.0. The first-order valence-electron chi connectivity index (χ1n) is 8.12. The molecule has 1 saturated heterocycles. The summed E-state index contributed by atoms with van der Waals surface area (Å²) in [7, 11) is 0. The lowest BCUT2D eigenvalue weighted by atomic mass is 10.1. The van der Waals surface area contributed by atoms with Gasteiger partial charge < -0.3 is 10.2 Å². The maximum Gasteiger partial charge on any atom is 0.227 e. The quantitative estimate of drug-likeness (QED) is 0.864. The molecular weight excluding hydrogens is 359 g/mol. The summed E-state index contributed by atoms with van der Waals surface area (Å²) in [5.41, 5.74) is 1.72. The molecule has 0 aliphatic carbocycles. The van der Waals surface area contributed by atoms with E-state index in [4.69, 9.17) is 23.2 Å². The van der Waals surface area contributed by atoms with Gasteiger partial charge in [0.15, 0.2) is 0 Å². The standard InChI is InChI=1S/C19H18Cl2N2O2/c20-15-7-4-8-16(18(15)21)23-12-14(11-17(23)24)19(25)22-10-9-13-5-2-1-3-6-13/h1-8,14H,9-12H2,(H,22,25). The van der Waals surface area contributed by atoms with Gasteiger partial charge in [-0.15, -0.1) is 0 Å². The van der Waals surface area contributed by atoms with Crippen molar-refractivity contribution in [3.8, 4) is 0 Å². The molecule has 2 amide bonds. The molecule has 1 N–H and O–H groups in total. The van der Waals surface area contributed by atoms with Gasteiger partial charge in [-0.05, 0) is 24.1 Å². The SMILES string of the molecule is O=C(NCCc1ccccc1)C1CC(=O)N(c2cccc(Cl)c2Cl)C1. The van der Waals surface area contributed by atoms with Crippen molar-refractivity contribution in [1.29, 1.82) is 0 Å². The minimum atomic E-state index is -0.377. The number of benzene rings is 2. The summed E-state index contributed by atoms with van der Waals surface area (Å²) in [4.78, 5) is 26.2. The average Bonchev–Trinajstić information content (AvgIpc) is 3.00. The topological polar surface area (TPSA) is 49.4 Å². The molecule has 6 heteroatoms. The molecule has 1 atom stereocenters. The first kappa shape index (κ1) is 17.8. The summed E-state index contributed by atoms with van der Waals surface area (Å²) in [6, 6.07) is 15.1. The van der Waals surface area contributed by atoms with Crippen LogP contribution in [0.25, 0.3) is 0 Å². The first-order chi connectivity index (χ1) is 12.1. The molecule has 0 saturated carbocycles. The highest BCUT2D eigenvalue weighted by molar-refractivity contribution is 6.44. The fraction of sp³-hybridized carbons (Fsp3) is 0.263. The van der Waals surface area contributed by atoms with Crippen molar-refractivity contribution in [2.24, 2.45) is 5.92 Å². The van der Waals surface area contributed by atoms with Crippen LogP contribution in [0.15, 0.2) is 48.5 Å². The molecule has 0 bridgehead atoms. The highest BCUT2D eigenvalue weighted by Crippen LogP contribution is 2.35. The Balaban J connectivity index is 1.58. The van der Waals surface area contributed by atoms with Crippen LogP contribution in [-0.4, -0.2) is 24.9 Å². The van der Waals surface area contributed by atoms with E-state index in [1.165, 1.54) is 4.90 Å². The van der Waals surface area contributed by atoms with Crippen molar-refractivity contribution < 1.29 is 9.59 Å². The zero-order chi connectivity index (χ0) is 17.8. The molecule has 1 aliphatic heterocycles. The summed E-state index contributed by atoms with van der Waals surface area (Å²) in [5.74, 6) is -0.601. The van der Waals surface area contributed by atoms with E-state index < -0.39 is 0 Å². The maximum atomic E-state index is 12.4. The molecule has 0 aromatic heterocycles. The Morgan fingerprint density at radius 3 is 2.64 bits per heavy atom. The third-order valence-corrected chi connectivity index (χ3v) is 5.08. The molecular formula is C19H18Cl2N2O2. The number of hydrogen-bond donors (Lipinski definition) is 1. The van der Waals surface area contributed by atoms with Gasteiger partial charge in [0.2, 0.25) is 11.8 Å². The summed E-state index contributed by atoms with van der Waals surface area (Å²) >= 11 is 12.2. The Bertz CT molecular complexity index is 780. The largest absolute Gasteiger partial charge is 0.355 e. The van der Waals surface area contributed by atoms with Gasteiger partial charge in [0.1, 0.15) is 0 Å². The third kappa shape index (κ3) is 4.14. The van der Waals surface area contributed by atoms with Crippen molar-refractivity contribution in [3.63, 3.8) is 0 Å². The lowest BCUT2D eigenvalue weighted by Crippen LogP contribution is -2.34. The fourth-order valence-corrected chi connectivity index (χ4v) is 3.33. The second-order valence-electron chi connectivity index (χ2n) is 6.00. The van der Waals surface area contributed by atoms with Crippen LogP contribution in [0.2, 0.25) is 10.0 Å². The molecule has 1 heterocycles. The van der Waals surface area contributed by atoms with Gasteiger partial charge in [-0.3, -0.25) is 9.59 Å². The zero-order valence-electron chi connectivity index (χ0n) is 13.5. The second-order valence-corrected chi connectivity index (χ2v) is 6.79. The zero-order valence-corrected chi connectivity index (χ0v) is 15.1. The first-order valence-corrected chi connectivity index (χ1v) is 8.88. The molecule has 1 aliphatic rings. The van der Waals surface area contributed by atoms with Crippen molar-refractivity contribution in [2.45, 2.75) is 12.8 Å². The minimum Gasteiger partial charge on any atom is -0.355 e. The number of carbonyl (C=O) groups excluding carboxylic acids is 2. The van der Waals surface area contributed by atoms with E-state index >= 15 is 0 Å². The van der Waals surface area contributed by atoms with Gasteiger partial charge in [0.05, 0.1) is 21.7 Å². The Hall–Kier alpha value is -2.04. The van der Waals surface area contributed by atoms with Crippen LogP contribution in [0.5, 0.6) is 0 Å². The average molecular weight is 377 g/mol. The van der Waals surface area contributed by atoms with Gasteiger partial charge in [-0.25, -0.2) is 0 Å². The number of rotatable bonds is 5. The van der Waals surface area contributed by atoms with Crippen LogP contribution >= 0.6 is 23.2 Å². The predicted molar refractivity (Wildman–Crippen MR) is 100 cm³/mol. The van der Waals surface area contributed by atoms with Gasteiger partial charge in [-0.2, -0.15) is 0 Å². The fourth-order valence-electron chi connectivity index (χ4n) is 2.94. The Labute approximate surface area is 156 Å². The Morgan fingerprint density at radius 1 is 1.12 bits per heavy atom. The lowest BCUT2D eigenvalue weighted by molar-refractivity contribution is -0.126. The maximum absolute atomic E-state index is 12.4. The van der Waals surface area contributed by atoms with E-state index in [2.05, 4.69) is 5.32 Å². The number of nitrogens with one attached hydrogen (secondary N) is 1. The number of halogens is 2. The Morgan fingerprint density at radius 2 is 1.88 bits per heavy atom. The monoisotopic (exact) mass is 376 g/mol. The highest BCUT2D eigenvalue weighted by atomic mass is 35.5. The molecule has 3 rings (SSSR count). The van der Waals surface area contributed by atoms with Gasteiger partial charge in [0.25, 0.3) is 0 Å². The van der Waals surface area contributed by atoms with E-state index in [9.17, 15) is 9.59 Å². The van der Waals surface area contributed by atoms with Crippen LogP contribution in [0, 0.1) is 5.92 Å². The summed E-state index contributed by atoms with van der Waals surface area (Å²) in [6.45, 7) is 0.863. The van der Waals surface area contributed by atoms with Crippen LogP contribution < -0.4 is 10.2 Å². The number of amides is 2. The molecule has 25 heavy (non-hydrogen) atoms. The van der Waals surface area contributed by atoms with E-state index in [1.54, 1.807) is 18.2 Å². The van der Waals surface area contributed by atoms with E-state index in [-0.39, 0.29) is 24.2 Å². The molecule has 4 nitrogen and oxygen atoms in total. The number of carbonyl (C=O) groups is 2. The number of nitrogens with zero attached hydrogens (tertiary/aromatic N) is 1. The highest BCUT2D eigenvalue weighted by Gasteiger charge is 2.35. The third-order valence-electron chi connectivity index (χ3n) is 4.27. The minimum absolute atomic E-state index is 0.107. The van der Waals surface area contributed by atoms with Crippen LogP contribution in [0.3, 0.4) is 0 Å². The van der Waals surface area contributed by atoms with Crippen molar-refractivity contribution in [3.05, 3.63) is 64.1 Å². The van der Waals surface area contributed by atoms with Crippen LogP contribution in [0.1, 0.15) is 12.0 Å². The number of anilines is 1. The molecule has 2 aromatic rings. The molecule has 1 fully saturated rings. The molecule has 0 radical (unpaired) electrons. The van der Waals surface area contributed by atoms with E-state index in [0.29, 0.717) is 28.8 Å². The smallest absolute Gasteiger partial charge is 0.227 e. The Kier molecular flexibility index (Phi) is 5.61. The lowest BCUT2D eigenvalue weighted by Gasteiger charge is -2.18. The molecule has 130 valence electrons. The summed E-state index contributed by atoms with van der Waals surface area (Å²) in [5, 5.41) is 3.64.